The smallest absolute Gasteiger partial charge is 0.343 e. The molecule has 0 radical (unpaired) electrons. The molecule has 0 heterocycles. The molecule has 0 spiro atoms. The first-order valence-electron chi connectivity index (χ1n) is 13.4. The Labute approximate surface area is 237 Å². The Kier molecular flexibility index (Phi) is 8.39. The first-order valence-corrected chi connectivity index (χ1v) is 13.4. The number of ether oxygens (including phenoxy) is 2. The number of hydrogen-bond donors (Lipinski definition) is 0. The van der Waals surface area contributed by atoms with Crippen LogP contribution in [0.15, 0.2) is 97.1 Å². The quantitative estimate of drug-likeness (QED) is 0.141. The lowest BCUT2D eigenvalue weighted by molar-refractivity contribution is 0.0725. The minimum atomic E-state index is -0.397. The van der Waals surface area contributed by atoms with Crippen molar-refractivity contribution in [2.45, 2.75) is 52.4 Å². The molecule has 0 aromatic heterocycles. The monoisotopic (exact) mass is 532 g/mol. The van der Waals surface area contributed by atoms with Gasteiger partial charge in [-0.15, -0.1) is 0 Å². The van der Waals surface area contributed by atoms with Gasteiger partial charge in [0.05, 0.1) is 11.1 Å². The van der Waals surface area contributed by atoms with Crippen LogP contribution in [0.2, 0.25) is 0 Å². The van der Waals surface area contributed by atoms with Gasteiger partial charge in [-0.3, -0.25) is 0 Å². The lowest BCUT2D eigenvalue weighted by Gasteiger charge is -2.19. The summed E-state index contributed by atoms with van der Waals surface area (Å²) in [6.07, 6.45) is 3.90. The van der Waals surface area contributed by atoms with E-state index in [0.29, 0.717) is 22.6 Å². The Morgan fingerprint density at radius 2 is 0.775 bits per heavy atom. The van der Waals surface area contributed by atoms with E-state index >= 15 is 0 Å². The molecule has 4 heteroatoms. The maximum Gasteiger partial charge on any atom is 0.343 e. The molecule has 0 aliphatic rings. The highest BCUT2D eigenvalue weighted by Gasteiger charge is 2.15. The van der Waals surface area contributed by atoms with Crippen molar-refractivity contribution in [3.05, 3.63) is 130 Å². The van der Waals surface area contributed by atoms with Crippen molar-refractivity contribution >= 4 is 24.1 Å². The largest absolute Gasteiger partial charge is 0.423 e. The summed E-state index contributed by atoms with van der Waals surface area (Å²) in [4.78, 5) is 25.1. The third-order valence-corrected chi connectivity index (χ3v) is 6.62. The highest BCUT2D eigenvalue weighted by atomic mass is 16.5. The molecule has 204 valence electrons. The molecule has 4 rings (SSSR count). The second-order valence-corrected chi connectivity index (χ2v) is 11.9. The molecule has 0 N–H and O–H groups in total. The van der Waals surface area contributed by atoms with E-state index in [9.17, 15) is 9.59 Å². The van der Waals surface area contributed by atoms with Gasteiger partial charge in [-0.1, -0.05) is 102 Å². The molecule has 0 atom stereocenters. The van der Waals surface area contributed by atoms with Gasteiger partial charge < -0.3 is 9.47 Å². The molecule has 0 bridgehead atoms. The maximum absolute atomic E-state index is 12.6. The summed E-state index contributed by atoms with van der Waals surface area (Å²) in [6.45, 7) is 12.9. The minimum Gasteiger partial charge on any atom is -0.423 e. The van der Waals surface area contributed by atoms with E-state index in [4.69, 9.17) is 9.47 Å². The van der Waals surface area contributed by atoms with Crippen LogP contribution in [0.4, 0.5) is 0 Å². The van der Waals surface area contributed by atoms with Crippen molar-refractivity contribution in [3.8, 4) is 11.5 Å². The molecule has 40 heavy (non-hydrogen) atoms. The molecule has 4 aromatic rings. The van der Waals surface area contributed by atoms with Crippen molar-refractivity contribution in [2.75, 3.05) is 0 Å². The predicted molar refractivity (Wildman–Crippen MR) is 162 cm³/mol. The van der Waals surface area contributed by atoms with Crippen molar-refractivity contribution in [3.63, 3.8) is 0 Å². The van der Waals surface area contributed by atoms with Gasteiger partial charge in [0.25, 0.3) is 0 Å². The van der Waals surface area contributed by atoms with E-state index in [0.717, 1.165) is 11.1 Å². The fraction of sp³-hybridized carbons (Fsp3) is 0.222. The van der Waals surface area contributed by atoms with Crippen LogP contribution in [0.5, 0.6) is 11.5 Å². The van der Waals surface area contributed by atoms with E-state index in [-0.39, 0.29) is 10.8 Å². The molecule has 4 nitrogen and oxygen atoms in total. The Balaban J connectivity index is 1.32. The highest BCUT2D eigenvalue weighted by molar-refractivity contribution is 5.92. The van der Waals surface area contributed by atoms with Crippen LogP contribution < -0.4 is 9.47 Å². The van der Waals surface area contributed by atoms with E-state index in [1.807, 2.05) is 84.9 Å². The minimum absolute atomic E-state index is 0.0408. The molecule has 0 unspecified atom stereocenters. The summed E-state index contributed by atoms with van der Waals surface area (Å²) in [6, 6.07) is 29.7. The van der Waals surface area contributed by atoms with Gasteiger partial charge in [-0.2, -0.15) is 0 Å². The van der Waals surface area contributed by atoms with E-state index < -0.39 is 11.9 Å². The third-order valence-electron chi connectivity index (χ3n) is 6.62. The molecule has 0 saturated heterocycles. The van der Waals surface area contributed by atoms with E-state index in [1.165, 1.54) is 11.1 Å². The lowest BCUT2D eigenvalue weighted by atomic mass is 9.87. The predicted octanol–water partition coefficient (Wildman–Crippen LogP) is 8.89. The van der Waals surface area contributed by atoms with Crippen LogP contribution in [-0.2, 0) is 10.8 Å². The average Bonchev–Trinajstić information content (AvgIpc) is 2.92. The van der Waals surface area contributed by atoms with Gasteiger partial charge in [0.2, 0.25) is 0 Å². The molecule has 0 aliphatic carbocycles. The number of rotatable bonds is 6. The summed E-state index contributed by atoms with van der Waals surface area (Å²) < 4.78 is 11.1. The van der Waals surface area contributed by atoms with E-state index in [2.05, 4.69) is 41.5 Å². The fourth-order valence-electron chi connectivity index (χ4n) is 4.03. The Hall–Kier alpha value is -4.44. The molecular formula is C36H36O4. The normalized spacial score (nSPS) is 11.8. The van der Waals surface area contributed by atoms with E-state index in [1.54, 1.807) is 24.3 Å². The summed E-state index contributed by atoms with van der Waals surface area (Å²) in [5.74, 6) is 0.249. The van der Waals surface area contributed by atoms with Crippen molar-refractivity contribution in [2.24, 2.45) is 0 Å². The lowest BCUT2D eigenvalue weighted by Crippen LogP contribution is -2.11. The average molecular weight is 533 g/mol. The summed E-state index contributed by atoms with van der Waals surface area (Å²) in [7, 11) is 0. The van der Waals surface area contributed by atoms with Gasteiger partial charge in [-0.25, -0.2) is 9.59 Å². The first-order chi connectivity index (χ1) is 18.9. The van der Waals surface area contributed by atoms with Crippen LogP contribution in [0.3, 0.4) is 0 Å². The summed E-state index contributed by atoms with van der Waals surface area (Å²) in [5.41, 5.74) is 5.28. The molecular weight excluding hydrogens is 496 g/mol. The van der Waals surface area contributed by atoms with Crippen LogP contribution >= 0.6 is 0 Å². The van der Waals surface area contributed by atoms with Gasteiger partial charge >= 0.3 is 11.9 Å². The third kappa shape index (κ3) is 7.57. The fourth-order valence-corrected chi connectivity index (χ4v) is 4.03. The Bertz CT molecular complexity index is 1360. The van der Waals surface area contributed by atoms with Crippen LogP contribution in [0, 0.1) is 0 Å². The second-order valence-electron chi connectivity index (χ2n) is 11.9. The summed E-state index contributed by atoms with van der Waals surface area (Å²) >= 11 is 0. The second kappa shape index (κ2) is 11.7. The topological polar surface area (TPSA) is 52.6 Å². The number of benzene rings is 4. The van der Waals surface area contributed by atoms with Gasteiger partial charge in [0.15, 0.2) is 0 Å². The van der Waals surface area contributed by atoms with Crippen molar-refractivity contribution in [1.29, 1.82) is 0 Å². The number of carbonyl (C=O) groups excluding carboxylic acids is 2. The molecule has 0 aliphatic heterocycles. The molecule has 0 fully saturated rings. The SMILES string of the molecule is CC(C)(C)c1ccc(OC(=O)c2ccc(C=Cc3ccc(C(=O)Oc4ccc(C(C)(C)C)cc4)cc3)cc2)cc1. The maximum atomic E-state index is 12.6. The molecule has 0 amide bonds. The number of hydrogen-bond acceptors (Lipinski definition) is 4. The number of esters is 2. The van der Waals surface area contributed by atoms with Gasteiger partial charge in [0, 0.05) is 0 Å². The van der Waals surface area contributed by atoms with Crippen LogP contribution in [-0.4, -0.2) is 11.9 Å². The molecule has 0 saturated carbocycles. The Morgan fingerprint density at radius 3 is 1.05 bits per heavy atom. The highest BCUT2D eigenvalue weighted by Crippen LogP contribution is 2.26. The zero-order chi connectivity index (χ0) is 28.9. The van der Waals surface area contributed by atoms with Crippen molar-refractivity contribution < 1.29 is 19.1 Å². The molecule has 4 aromatic carbocycles. The zero-order valence-corrected chi connectivity index (χ0v) is 24.0. The number of carbonyl (C=O) groups is 2. The Morgan fingerprint density at radius 1 is 0.475 bits per heavy atom. The van der Waals surface area contributed by atoms with Crippen molar-refractivity contribution in [1.82, 2.24) is 0 Å². The van der Waals surface area contributed by atoms with Gasteiger partial charge in [0.1, 0.15) is 11.5 Å². The standard InChI is InChI=1S/C36H36O4/c1-35(2,3)29-17-21-31(22-18-29)39-33(37)27-13-9-25(10-14-27)7-8-26-11-15-28(16-12-26)34(38)40-32-23-19-30(20-24-32)36(4,5)6/h7-24H,1-6H3. The first kappa shape index (κ1) is 28.6. The van der Waals surface area contributed by atoms with Crippen LogP contribution in [0.1, 0.15) is 84.5 Å². The van der Waals surface area contributed by atoms with Gasteiger partial charge in [-0.05, 0) is 81.6 Å². The zero-order valence-electron chi connectivity index (χ0n) is 24.0. The summed E-state index contributed by atoms with van der Waals surface area (Å²) in [5, 5.41) is 0. The van der Waals surface area contributed by atoms with Crippen LogP contribution in [0.25, 0.3) is 12.2 Å².